The van der Waals surface area contributed by atoms with Gasteiger partial charge in [-0.05, 0) is 260 Å². The average molecular weight is 1710 g/mol. The standard InChI is InChI=1S/C32H26O10.C19H16O6.C19H16O5.C19H16O3.C6H6O2.C3H8.C2H6/c33-21-5-1-15(10-25(21)37)30(16-2-6-22(34)26(38)11-16)19-9-20(32(42)29(41)14-19)31(17-3-7-23(35)27(39)12-17)18-4-8-24(36)28(40)13-18;20-13-4-1-10(7-16(13)23)19(11-2-5-14(21)17(24)8-11)12-3-6-15(22)18(25)9-12;20-14-5-1-11(2-6-14)19(12-3-7-15(21)17(23)9-12)13-4-8-16(22)18(24)10-13;20-16-7-1-13(2-8-16)19(14-3-9-17(21)10-4-14)15-5-11-18(22)12-6-15;7-5-3-1-2-4-6(5)8;1-3-2;1-2/h1-14,30-31,33-42H;1-9,19-25H;1-10,19-24H;1-12,19-22H;1-4,7-8H;3H2,1-2H3;1-2H3. The van der Waals surface area contributed by atoms with Crippen LogP contribution in [0.15, 0.2) is 297 Å². The van der Waals surface area contributed by atoms with Crippen molar-refractivity contribution in [3.05, 3.63) is 381 Å². The van der Waals surface area contributed by atoms with Gasteiger partial charge >= 0.3 is 0 Å². The Morgan fingerprint density at radius 3 is 0.476 bits per heavy atom. The summed E-state index contributed by atoms with van der Waals surface area (Å²) < 4.78 is 0. The molecule has 0 spiro atoms. The lowest BCUT2D eigenvalue weighted by molar-refractivity contribution is 0.396. The Labute approximate surface area is 723 Å². The molecule has 15 aromatic carbocycles. The molecule has 0 bridgehead atoms. The van der Waals surface area contributed by atoms with E-state index in [2.05, 4.69) is 13.8 Å². The minimum Gasteiger partial charge on any atom is -0.508 e. The maximum absolute atomic E-state index is 11.1. The SMILES string of the molecule is CC.CCC.Oc1ccc(C(c2ccc(O)c(O)c2)c2cc(O)c(O)c(C(c3ccc(O)c(O)c3)c3ccc(O)c(O)c3)c2)cc1O.Oc1ccc(C(c2ccc(O)c(O)c2)c2ccc(O)c(O)c2)cc1.Oc1ccc(C(c2ccc(O)c(O)c2)c2ccc(O)c(O)c2)cc1O.Oc1ccc(C(c2ccc(O)cc2)c2ccc(O)cc2)cc1.Oc1ccccc1O. The average Bonchev–Trinajstić information content (AvgIpc) is 0.759. The van der Waals surface area contributed by atoms with Crippen LogP contribution in [0.3, 0.4) is 0 Å². The quantitative estimate of drug-likeness (QED) is 0.0335. The van der Waals surface area contributed by atoms with Gasteiger partial charge in [0.15, 0.2) is 126 Å². The van der Waals surface area contributed by atoms with Crippen LogP contribution in [-0.2, 0) is 0 Å². The molecule has 0 saturated carbocycles. The van der Waals surface area contributed by atoms with E-state index in [0.29, 0.717) is 55.6 Å². The van der Waals surface area contributed by atoms with Crippen molar-refractivity contribution >= 4 is 0 Å². The lowest BCUT2D eigenvalue weighted by Crippen LogP contribution is -2.08. The summed E-state index contributed by atoms with van der Waals surface area (Å²) in [5.74, 6) is -9.24. The molecule has 0 saturated heterocycles. The lowest BCUT2D eigenvalue weighted by Gasteiger charge is -2.25. The molecule has 26 nitrogen and oxygen atoms in total. The molecule has 15 rings (SSSR count). The van der Waals surface area contributed by atoms with Crippen molar-refractivity contribution in [2.75, 3.05) is 0 Å². The van der Waals surface area contributed by atoms with Crippen molar-refractivity contribution in [3.8, 4) is 149 Å². The molecule has 0 fully saturated rings. The van der Waals surface area contributed by atoms with Crippen molar-refractivity contribution < 1.29 is 133 Å². The van der Waals surface area contributed by atoms with Crippen molar-refractivity contribution in [1.29, 1.82) is 0 Å². The number of aromatic hydroxyl groups is 26. The highest BCUT2D eigenvalue weighted by molar-refractivity contribution is 5.63. The van der Waals surface area contributed by atoms with E-state index in [-0.39, 0.29) is 121 Å². The third-order valence-corrected chi connectivity index (χ3v) is 19.6. The van der Waals surface area contributed by atoms with Crippen LogP contribution in [-0.4, -0.2) is 133 Å². The fraction of sp³-hybridized carbons (Fsp3) is 0.100. The number of para-hydroxylation sites is 2. The van der Waals surface area contributed by atoms with Crippen molar-refractivity contribution in [2.45, 2.75) is 63.7 Å². The Morgan fingerprint density at radius 2 is 0.294 bits per heavy atom. The molecule has 0 aliphatic heterocycles. The van der Waals surface area contributed by atoms with Gasteiger partial charge in [0.1, 0.15) is 23.0 Å². The zero-order chi connectivity index (χ0) is 91.9. The van der Waals surface area contributed by atoms with E-state index in [1.54, 1.807) is 103 Å². The maximum atomic E-state index is 11.1. The minimum absolute atomic E-state index is 0.0400. The van der Waals surface area contributed by atoms with Gasteiger partial charge in [0, 0.05) is 35.2 Å². The molecule has 126 heavy (non-hydrogen) atoms. The van der Waals surface area contributed by atoms with Gasteiger partial charge in [-0.3, -0.25) is 0 Å². The van der Waals surface area contributed by atoms with Gasteiger partial charge < -0.3 is 133 Å². The normalized spacial score (nSPS) is 10.6. The first-order chi connectivity index (χ1) is 60.1. The Balaban J connectivity index is 0.000000187. The first-order valence-corrected chi connectivity index (χ1v) is 39.0. The number of benzene rings is 15. The van der Waals surface area contributed by atoms with E-state index < -0.39 is 63.7 Å². The Hall–Kier alpha value is -16.9. The molecule has 0 heterocycles. The third-order valence-electron chi connectivity index (χ3n) is 19.6. The fourth-order valence-corrected chi connectivity index (χ4v) is 13.5. The highest BCUT2D eigenvalue weighted by Crippen LogP contribution is 2.50. The number of hydrogen-bond acceptors (Lipinski definition) is 26. The molecule has 26 heteroatoms. The van der Waals surface area contributed by atoms with Gasteiger partial charge in [-0.1, -0.05) is 149 Å². The predicted molar refractivity (Wildman–Crippen MR) is 472 cm³/mol. The topological polar surface area (TPSA) is 526 Å². The van der Waals surface area contributed by atoms with E-state index in [4.69, 9.17) is 10.2 Å². The molecule has 0 radical (unpaired) electrons. The van der Waals surface area contributed by atoms with Crippen LogP contribution in [0.2, 0.25) is 0 Å². The second-order valence-electron chi connectivity index (χ2n) is 28.4. The summed E-state index contributed by atoms with van der Waals surface area (Å²) in [6, 6.07) is 74.6. The molecule has 0 aliphatic rings. The van der Waals surface area contributed by atoms with Crippen LogP contribution >= 0.6 is 0 Å². The first-order valence-electron chi connectivity index (χ1n) is 39.0. The Morgan fingerprint density at radius 1 is 0.151 bits per heavy atom. The molecule has 0 unspecified atom stereocenters. The van der Waals surface area contributed by atoms with Crippen LogP contribution in [0.25, 0.3) is 0 Å². The summed E-state index contributed by atoms with van der Waals surface area (Å²) in [6.45, 7) is 8.25. The molecule has 0 aliphatic carbocycles. The van der Waals surface area contributed by atoms with E-state index in [1.807, 2.05) is 50.2 Å². The Bertz CT molecular complexity index is 5770. The van der Waals surface area contributed by atoms with Gasteiger partial charge in [-0.15, -0.1) is 0 Å². The van der Waals surface area contributed by atoms with Crippen molar-refractivity contribution in [1.82, 2.24) is 0 Å². The van der Waals surface area contributed by atoms with E-state index in [9.17, 15) is 123 Å². The van der Waals surface area contributed by atoms with Crippen LogP contribution < -0.4 is 0 Å². The van der Waals surface area contributed by atoms with Crippen LogP contribution in [0.1, 0.15) is 147 Å². The van der Waals surface area contributed by atoms with Crippen molar-refractivity contribution in [3.63, 3.8) is 0 Å². The van der Waals surface area contributed by atoms with Gasteiger partial charge in [0.05, 0.1) is 0 Å². The summed E-state index contributed by atoms with van der Waals surface area (Å²) >= 11 is 0. The minimum atomic E-state index is -0.976. The molecular formula is C100H94O26. The third kappa shape index (κ3) is 23.4. The van der Waals surface area contributed by atoms with Gasteiger partial charge in [-0.2, -0.15) is 0 Å². The van der Waals surface area contributed by atoms with E-state index in [1.165, 1.54) is 164 Å². The van der Waals surface area contributed by atoms with Crippen LogP contribution in [0, 0.1) is 0 Å². The molecule has 0 amide bonds. The molecular weight excluding hydrogens is 1620 g/mol. The van der Waals surface area contributed by atoms with Crippen molar-refractivity contribution in [2.24, 2.45) is 0 Å². The Kier molecular flexibility index (Phi) is 31.3. The molecule has 650 valence electrons. The van der Waals surface area contributed by atoms with Gasteiger partial charge in [-0.25, -0.2) is 0 Å². The zero-order valence-electron chi connectivity index (χ0n) is 68.0. The maximum Gasteiger partial charge on any atom is 0.161 e. The molecule has 15 aromatic rings. The molecule has 0 aromatic heterocycles. The highest BCUT2D eigenvalue weighted by Gasteiger charge is 2.30. The largest absolute Gasteiger partial charge is 0.508 e. The highest BCUT2D eigenvalue weighted by atomic mass is 16.3. The predicted octanol–water partition coefficient (Wildman–Crippen LogP) is 19.1. The second-order valence-corrected chi connectivity index (χ2v) is 28.4. The van der Waals surface area contributed by atoms with Crippen LogP contribution in [0.5, 0.6) is 149 Å². The number of phenols is 26. The smallest absolute Gasteiger partial charge is 0.161 e. The fourth-order valence-electron chi connectivity index (χ4n) is 13.5. The summed E-state index contributed by atoms with van der Waals surface area (Å²) in [6.07, 6.45) is 1.25. The monoisotopic (exact) mass is 1710 g/mol. The van der Waals surface area contributed by atoms with E-state index in [0.717, 1.165) is 22.3 Å². The van der Waals surface area contributed by atoms with Gasteiger partial charge in [0.2, 0.25) is 0 Å². The molecule has 26 N–H and O–H groups in total. The first kappa shape index (κ1) is 93.0. The lowest BCUT2D eigenvalue weighted by atomic mass is 9.79. The second kappa shape index (κ2) is 42.4. The van der Waals surface area contributed by atoms with Crippen LogP contribution in [0.4, 0.5) is 0 Å². The number of rotatable bonds is 15. The zero-order valence-corrected chi connectivity index (χ0v) is 68.0. The number of hydrogen-bond donors (Lipinski definition) is 26. The summed E-state index contributed by atoms with van der Waals surface area (Å²) in [5, 5.41) is 255. The molecule has 0 atom stereocenters. The summed E-state index contributed by atoms with van der Waals surface area (Å²) in [5.41, 5.74) is 8.89. The summed E-state index contributed by atoms with van der Waals surface area (Å²) in [7, 11) is 0. The summed E-state index contributed by atoms with van der Waals surface area (Å²) in [4.78, 5) is 0. The van der Waals surface area contributed by atoms with Gasteiger partial charge in [0.25, 0.3) is 0 Å². The number of phenolic OH excluding ortho intramolecular Hbond substituents is 26. The van der Waals surface area contributed by atoms with E-state index >= 15 is 0 Å².